The molecule has 0 aromatic heterocycles. The molecule has 2 rings (SSSR count). The van der Waals surface area contributed by atoms with Gasteiger partial charge >= 0.3 is 0 Å². The van der Waals surface area contributed by atoms with E-state index < -0.39 is 0 Å². The molecule has 0 saturated heterocycles. The number of hydrogen-bond acceptors (Lipinski definition) is 3. The molecule has 2 aromatic rings. The summed E-state index contributed by atoms with van der Waals surface area (Å²) < 4.78 is 0. The van der Waals surface area contributed by atoms with Crippen molar-refractivity contribution < 1.29 is 0 Å². The van der Waals surface area contributed by atoms with E-state index in [2.05, 4.69) is 0 Å². The molecule has 0 unspecified atom stereocenters. The summed E-state index contributed by atoms with van der Waals surface area (Å²) in [4.78, 5) is 3.89. The van der Waals surface area contributed by atoms with Crippen molar-refractivity contribution in [3.8, 4) is 0 Å². The summed E-state index contributed by atoms with van der Waals surface area (Å²) in [5.41, 5.74) is 2.03. The van der Waals surface area contributed by atoms with Crippen LogP contribution < -0.4 is 9.80 Å². The highest BCUT2D eigenvalue weighted by molar-refractivity contribution is 7.82. The number of nitrogens with zero attached hydrogens (tertiary/aromatic N) is 4. The van der Waals surface area contributed by atoms with Crippen LogP contribution >= 0.6 is 24.4 Å². The molecule has 4 nitrogen and oxygen atoms in total. The molecule has 2 aromatic carbocycles. The average Bonchev–Trinajstić information content (AvgIpc) is 2.61. The van der Waals surface area contributed by atoms with Gasteiger partial charge in [-0.15, -0.1) is 0 Å². The maximum atomic E-state index is 5.70. The summed E-state index contributed by atoms with van der Waals surface area (Å²) in [5, 5.41) is 4.95. The minimum Gasteiger partial charge on any atom is -0.321 e. The van der Waals surface area contributed by atoms with Crippen molar-refractivity contribution >= 4 is 46.0 Å². The summed E-state index contributed by atoms with van der Waals surface area (Å²) in [6.45, 7) is 0. The van der Waals surface area contributed by atoms with E-state index in [9.17, 15) is 0 Å². The van der Waals surface area contributed by atoms with Gasteiger partial charge in [-0.1, -0.05) is 36.4 Å². The Morgan fingerprint density at radius 1 is 0.625 bits per heavy atom. The highest BCUT2D eigenvalue weighted by Gasteiger charge is 2.24. The van der Waals surface area contributed by atoms with Crippen molar-refractivity contribution in [2.45, 2.75) is 0 Å². The van der Waals surface area contributed by atoms with Crippen molar-refractivity contribution in [1.29, 1.82) is 0 Å². The molecule has 126 valence electrons. The van der Waals surface area contributed by atoms with E-state index in [0.717, 1.165) is 11.4 Å². The third-order valence-corrected chi connectivity index (χ3v) is 4.52. The molecule has 24 heavy (non-hydrogen) atoms. The molecule has 0 aliphatic carbocycles. The van der Waals surface area contributed by atoms with Gasteiger partial charge in [0.1, 0.15) is 0 Å². The SMILES string of the molecule is CN(C(=S)N(C(=S)N(C)c1ccccc1)N(C)C)c1ccccc1. The van der Waals surface area contributed by atoms with E-state index in [0.29, 0.717) is 10.2 Å². The number of hydrogen-bond donors (Lipinski definition) is 0. The molecular formula is C18H22N4S2. The molecule has 0 heterocycles. The van der Waals surface area contributed by atoms with Gasteiger partial charge in [0.05, 0.1) is 0 Å². The second kappa shape index (κ2) is 8.19. The zero-order chi connectivity index (χ0) is 17.7. The average molecular weight is 359 g/mol. The van der Waals surface area contributed by atoms with Crippen LogP contribution in [0.2, 0.25) is 0 Å². The molecule has 0 saturated carbocycles. The minimum absolute atomic E-state index is 0.610. The van der Waals surface area contributed by atoms with Gasteiger partial charge < -0.3 is 9.80 Å². The van der Waals surface area contributed by atoms with Gasteiger partial charge in [-0.3, -0.25) is 0 Å². The fraction of sp³-hybridized carbons (Fsp3) is 0.222. The van der Waals surface area contributed by atoms with Gasteiger partial charge in [-0.2, -0.15) is 0 Å². The van der Waals surface area contributed by atoms with E-state index in [1.54, 1.807) is 0 Å². The fourth-order valence-corrected chi connectivity index (χ4v) is 3.00. The van der Waals surface area contributed by atoms with Crippen LogP contribution in [0.4, 0.5) is 11.4 Å². The predicted molar refractivity (Wildman–Crippen MR) is 110 cm³/mol. The topological polar surface area (TPSA) is 13.0 Å². The van der Waals surface area contributed by atoms with Crippen LogP contribution in [0, 0.1) is 0 Å². The van der Waals surface area contributed by atoms with Gasteiger partial charge in [0.15, 0.2) is 10.2 Å². The van der Waals surface area contributed by atoms with Crippen LogP contribution in [0.3, 0.4) is 0 Å². The molecule has 0 N–H and O–H groups in total. The monoisotopic (exact) mass is 358 g/mol. The zero-order valence-electron chi connectivity index (χ0n) is 14.4. The normalized spacial score (nSPS) is 10.4. The fourth-order valence-electron chi connectivity index (χ4n) is 2.23. The molecule has 0 aliphatic heterocycles. The molecule has 6 heteroatoms. The number of benzene rings is 2. The maximum absolute atomic E-state index is 5.70. The third kappa shape index (κ3) is 4.08. The Kier molecular flexibility index (Phi) is 6.25. The number of anilines is 2. The molecule has 0 radical (unpaired) electrons. The number of para-hydroxylation sites is 2. The lowest BCUT2D eigenvalue weighted by Crippen LogP contribution is -2.55. The molecule has 0 amide bonds. The Labute approximate surface area is 154 Å². The summed E-state index contributed by atoms with van der Waals surface area (Å²) in [6, 6.07) is 20.0. The lowest BCUT2D eigenvalue weighted by Gasteiger charge is -2.38. The summed E-state index contributed by atoms with van der Waals surface area (Å²) in [6.07, 6.45) is 0. The van der Waals surface area contributed by atoms with Crippen molar-refractivity contribution in [3.63, 3.8) is 0 Å². The zero-order valence-corrected chi connectivity index (χ0v) is 16.0. The highest BCUT2D eigenvalue weighted by Crippen LogP contribution is 2.18. The van der Waals surface area contributed by atoms with E-state index >= 15 is 0 Å². The minimum atomic E-state index is 0.610. The second-order valence-corrected chi connectivity index (χ2v) is 6.24. The number of rotatable bonds is 3. The van der Waals surface area contributed by atoms with Crippen LogP contribution in [-0.2, 0) is 0 Å². The smallest absolute Gasteiger partial charge is 0.197 e. The standard InChI is InChI=1S/C18H22N4S2/c1-19(2)22(17(23)20(3)15-11-7-5-8-12-15)18(24)21(4)16-13-9-6-10-14-16/h5-14H,1-4H3. The van der Waals surface area contributed by atoms with Gasteiger partial charge in [0.2, 0.25) is 0 Å². The van der Waals surface area contributed by atoms with Crippen LogP contribution in [-0.4, -0.2) is 48.4 Å². The quantitative estimate of drug-likeness (QED) is 0.610. The second-order valence-electron chi connectivity index (χ2n) is 5.51. The Balaban J connectivity index is 2.25. The summed E-state index contributed by atoms with van der Waals surface area (Å²) >= 11 is 11.4. The van der Waals surface area contributed by atoms with E-state index in [1.165, 1.54) is 0 Å². The van der Waals surface area contributed by atoms with E-state index in [-0.39, 0.29) is 0 Å². The van der Waals surface area contributed by atoms with Crippen LogP contribution in [0.15, 0.2) is 60.7 Å². The third-order valence-electron chi connectivity index (χ3n) is 3.62. The van der Waals surface area contributed by atoms with Crippen molar-refractivity contribution in [1.82, 2.24) is 10.0 Å². The van der Waals surface area contributed by atoms with E-state index in [4.69, 9.17) is 24.4 Å². The molecule has 0 spiro atoms. The van der Waals surface area contributed by atoms with Crippen molar-refractivity contribution in [2.75, 3.05) is 38.0 Å². The van der Waals surface area contributed by atoms with Gasteiger partial charge in [0, 0.05) is 39.6 Å². The van der Waals surface area contributed by atoms with Crippen LogP contribution in [0.1, 0.15) is 0 Å². The number of hydrazine groups is 1. The largest absolute Gasteiger partial charge is 0.321 e. The first-order valence-electron chi connectivity index (χ1n) is 7.56. The first kappa shape index (κ1) is 18.3. The molecule has 0 bridgehead atoms. The van der Waals surface area contributed by atoms with Gasteiger partial charge in [0.25, 0.3) is 0 Å². The summed E-state index contributed by atoms with van der Waals surface area (Å²) in [5.74, 6) is 0. The Morgan fingerprint density at radius 3 is 1.25 bits per heavy atom. The predicted octanol–water partition coefficient (Wildman–Crippen LogP) is 3.61. The number of thiocarbonyl (C=S) groups is 2. The van der Waals surface area contributed by atoms with E-state index in [1.807, 2.05) is 109 Å². The van der Waals surface area contributed by atoms with Gasteiger partial charge in [-0.05, 0) is 48.7 Å². The first-order chi connectivity index (χ1) is 11.4. The Morgan fingerprint density at radius 2 is 0.958 bits per heavy atom. The Hall–Kier alpha value is -2.02. The maximum Gasteiger partial charge on any atom is 0.197 e. The van der Waals surface area contributed by atoms with Crippen LogP contribution in [0.5, 0.6) is 0 Å². The Bertz CT molecular complexity index is 631. The molecule has 0 atom stereocenters. The first-order valence-corrected chi connectivity index (χ1v) is 8.38. The van der Waals surface area contributed by atoms with Crippen LogP contribution in [0.25, 0.3) is 0 Å². The van der Waals surface area contributed by atoms with Gasteiger partial charge in [-0.25, -0.2) is 10.0 Å². The molecule has 0 fully saturated rings. The lowest BCUT2D eigenvalue weighted by atomic mass is 10.3. The molecule has 0 aliphatic rings. The molecular weight excluding hydrogens is 336 g/mol. The lowest BCUT2D eigenvalue weighted by molar-refractivity contribution is 0.200. The van der Waals surface area contributed by atoms with Crippen molar-refractivity contribution in [2.24, 2.45) is 0 Å². The highest BCUT2D eigenvalue weighted by atomic mass is 32.1. The summed E-state index contributed by atoms with van der Waals surface area (Å²) in [7, 11) is 7.74. The van der Waals surface area contributed by atoms with Crippen molar-refractivity contribution in [3.05, 3.63) is 60.7 Å².